The molecule has 6 heteroatoms. The van der Waals surface area contributed by atoms with Crippen molar-refractivity contribution in [2.24, 2.45) is 5.92 Å². The Morgan fingerprint density at radius 2 is 1.91 bits per heavy atom. The molecule has 34 heavy (non-hydrogen) atoms. The van der Waals surface area contributed by atoms with E-state index in [1.54, 1.807) is 49.7 Å². The number of nitrogens with zero attached hydrogens (tertiary/aromatic N) is 3. The third-order valence-corrected chi connectivity index (χ3v) is 5.88. The van der Waals surface area contributed by atoms with Crippen LogP contribution in [0.3, 0.4) is 0 Å². The molecule has 0 aliphatic heterocycles. The molecule has 1 fully saturated rings. The number of nitriles is 1. The number of hydrogen-bond donors (Lipinski definition) is 0. The predicted molar refractivity (Wildman–Crippen MR) is 132 cm³/mol. The van der Waals surface area contributed by atoms with Crippen LogP contribution in [-0.2, 0) is 0 Å². The first kappa shape index (κ1) is 21.5. The van der Waals surface area contributed by atoms with Gasteiger partial charge >= 0.3 is 0 Å². The van der Waals surface area contributed by atoms with Crippen LogP contribution in [0.5, 0.6) is 11.5 Å². The number of fused-ring (bicyclic) bond motifs is 1. The van der Waals surface area contributed by atoms with Crippen molar-refractivity contribution < 1.29 is 9.47 Å². The summed E-state index contributed by atoms with van der Waals surface area (Å²) in [4.78, 5) is 18.2. The normalized spacial score (nSPS) is 13.2. The molecule has 0 amide bonds. The smallest absolute Gasteiger partial charge is 0.266 e. The molecule has 5 rings (SSSR count). The molecule has 0 unspecified atom stereocenters. The fourth-order valence-corrected chi connectivity index (χ4v) is 3.84. The van der Waals surface area contributed by atoms with Crippen molar-refractivity contribution in [3.05, 3.63) is 94.0 Å². The molecular formula is C28H23N3O3. The molecule has 0 radical (unpaired) electrons. The maximum absolute atomic E-state index is 13.4. The topological polar surface area (TPSA) is 76.6 Å². The monoisotopic (exact) mass is 449 g/mol. The molecule has 1 saturated carbocycles. The van der Waals surface area contributed by atoms with Gasteiger partial charge in [-0.25, -0.2) is 4.98 Å². The highest BCUT2D eigenvalue weighted by atomic mass is 16.5. The van der Waals surface area contributed by atoms with E-state index in [0.717, 1.165) is 5.56 Å². The average molecular weight is 450 g/mol. The van der Waals surface area contributed by atoms with E-state index in [2.05, 4.69) is 6.07 Å². The Kier molecular flexibility index (Phi) is 5.84. The molecule has 168 valence electrons. The Bertz CT molecular complexity index is 1480. The number of rotatable bonds is 7. The van der Waals surface area contributed by atoms with E-state index in [9.17, 15) is 4.79 Å². The minimum Gasteiger partial charge on any atom is -0.493 e. The van der Waals surface area contributed by atoms with Gasteiger partial charge in [0.15, 0.2) is 11.5 Å². The molecule has 0 saturated heterocycles. The fraction of sp³-hybridized carbons (Fsp3) is 0.179. The van der Waals surface area contributed by atoms with Gasteiger partial charge in [-0.15, -0.1) is 0 Å². The predicted octanol–water partition coefficient (Wildman–Crippen LogP) is 5.20. The van der Waals surface area contributed by atoms with Gasteiger partial charge in [-0.05, 0) is 66.8 Å². The third-order valence-electron chi connectivity index (χ3n) is 5.88. The van der Waals surface area contributed by atoms with Crippen molar-refractivity contribution in [2.45, 2.75) is 12.8 Å². The summed E-state index contributed by atoms with van der Waals surface area (Å²) in [6.07, 6.45) is 7.83. The van der Waals surface area contributed by atoms with Gasteiger partial charge in [-0.1, -0.05) is 30.3 Å². The molecule has 2 aromatic heterocycles. The zero-order valence-corrected chi connectivity index (χ0v) is 18.8. The second-order valence-electron chi connectivity index (χ2n) is 8.26. The first-order chi connectivity index (χ1) is 16.7. The summed E-state index contributed by atoms with van der Waals surface area (Å²) < 4.78 is 13.2. The van der Waals surface area contributed by atoms with Crippen LogP contribution in [0, 0.1) is 17.2 Å². The number of benzene rings is 2. The van der Waals surface area contributed by atoms with Gasteiger partial charge in [-0.3, -0.25) is 9.20 Å². The maximum Gasteiger partial charge on any atom is 0.266 e. The number of hydrogen-bond acceptors (Lipinski definition) is 5. The zero-order valence-electron chi connectivity index (χ0n) is 18.8. The minimum atomic E-state index is -0.175. The first-order valence-electron chi connectivity index (χ1n) is 11.2. The van der Waals surface area contributed by atoms with Crippen LogP contribution in [0.2, 0.25) is 0 Å². The lowest BCUT2D eigenvalue weighted by Gasteiger charge is -2.13. The zero-order chi connectivity index (χ0) is 23.5. The molecule has 1 aliphatic carbocycles. The van der Waals surface area contributed by atoms with Crippen molar-refractivity contribution in [1.82, 2.24) is 9.38 Å². The number of ether oxygens (including phenoxy) is 2. The van der Waals surface area contributed by atoms with Crippen LogP contribution in [-0.4, -0.2) is 23.1 Å². The summed E-state index contributed by atoms with van der Waals surface area (Å²) in [6, 6.07) is 20.3. The SMILES string of the molecule is COc1cccc(/C=C/c2nc3ccccn3c(=O)c2-c2ccc(C#N)cc2)c1OCC1CC1. The number of pyridine rings is 1. The molecular weight excluding hydrogens is 426 g/mol. The summed E-state index contributed by atoms with van der Waals surface area (Å²) in [5.74, 6) is 1.96. The van der Waals surface area contributed by atoms with Crippen LogP contribution >= 0.6 is 0 Å². The maximum atomic E-state index is 13.4. The molecule has 6 nitrogen and oxygen atoms in total. The third kappa shape index (κ3) is 4.28. The lowest BCUT2D eigenvalue weighted by molar-refractivity contribution is 0.280. The van der Waals surface area contributed by atoms with E-state index in [1.807, 2.05) is 36.4 Å². The second kappa shape index (κ2) is 9.24. The summed E-state index contributed by atoms with van der Waals surface area (Å²) in [7, 11) is 1.63. The van der Waals surface area contributed by atoms with Crippen molar-refractivity contribution in [3.8, 4) is 28.7 Å². The minimum absolute atomic E-state index is 0.175. The number of methoxy groups -OCH3 is 1. The van der Waals surface area contributed by atoms with Gasteiger partial charge < -0.3 is 9.47 Å². The van der Waals surface area contributed by atoms with Crippen LogP contribution in [0.15, 0.2) is 71.7 Å². The highest BCUT2D eigenvalue weighted by Gasteiger charge is 2.23. The Morgan fingerprint density at radius 1 is 1.09 bits per heavy atom. The molecule has 2 heterocycles. The quantitative estimate of drug-likeness (QED) is 0.388. The van der Waals surface area contributed by atoms with Crippen LogP contribution < -0.4 is 15.0 Å². The molecule has 1 aliphatic rings. The second-order valence-corrected chi connectivity index (χ2v) is 8.26. The van der Waals surface area contributed by atoms with Gasteiger partial charge in [0.25, 0.3) is 5.56 Å². The van der Waals surface area contributed by atoms with E-state index in [4.69, 9.17) is 19.7 Å². The lowest BCUT2D eigenvalue weighted by Crippen LogP contribution is -2.18. The van der Waals surface area contributed by atoms with E-state index in [-0.39, 0.29) is 5.56 Å². The summed E-state index contributed by atoms with van der Waals surface area (Å²) in [5, 5.41) is 9.15. The molecule has 0 N–H and O–H groups in total. The van der Waals surface area contributed by atoms with Gasteiger partial charge in [0.05, 0.1) is 36.6 Å². The number of aromatic nitrogens is 2. The van der Waals surface area contributed by atoms with Crippen LogP contribution in [0.4, 0.5) is 0 Å². The fourth-order valence-electron chi connectivity index (χ4n) is 3.84. The largest absolute Gasteiger partial charge is 0.493 e. The van der Waals surface area contributed by atoms with Crippen LogP contribution in [0.1, 0.15) is 29.7 Å². The van der Waals surface area contributed by atoms with Crippen molar-refractivity contribution in [2.75, 3.05) is 13.7 Å². The van der Waals surface area contributed by atoms with Crippen molar-refractivity contribution >= 4 is 17.8 Å². The average Bonchev–Trinajstić information content (AvgIpc) is 3.71. The van der Waals surface area contributed by atoms with Gasteiger partial charge in [0.1, 0.15) is 5.65 Å². The molecule has 0 bridgehead atoms. The lowest BCUT2D eigenvalue weighted by atomic mass is 10.0. The van der Waals surface area contributed by atoms with Crippen molar-refractivity contribution in [3.63, 3.8) is 0 Å². The Labute approximate surface area is 197 Å². The van der Waals surface area contributed by atoms with Crippen molar-refractivity contribution in [1.29, 1.82) is 5.26 Å². The van der Waals surface area contributed by atoms with Gasteiger partial charge in [0, 0.05) is 11.8 Å². The highest BCUT2D eigenvalue weighted by Crippen LogP contribution is 2.36. The Morgan fingerprint density at radius 3 is 2.65 bits per heavy atom. The van der Waals surface area contributed by atoms with Crippen LogP contribution in [0.25, 0.3) is 28.9 Å². The first-order valence-corrected chi connectivity index (χ1v) is 11.2. The Balaban J connectivity index is 1.62. The Hall–Kier alpha value is -4.37. The van der Waals surface area contributed by atoms with Gasteiger partial charge in [0.2, 0.25) is 0 Å². The molecule has 0 spiro atoms. The van der Waals surface area contributed by atoms with E-state index in [0.29, 0.717) is 52.1 Å². The summed E-state index contributed by atoms with van der Waals surface area (Å²) >= 11 is 0. The van der Waals surface area contributed by atoms with E-state index < -0.39 is 0 Å². The summed E-state index contributed by atoms with van der Waals surface area (Å²) in [6.45, 7) is 0.660. The number of para-hydroxylation sites is 1. The standard InChI is InChI=1S/C28H23N3O3/c1-33-24-6-4-5-22(27(24)34-18-20-8-9-20)14-15-23-26(21-12-10-19(17-29)11-13-21)28(32)31-16-3-2-7-25(31)30-23/h2-7,10-16,20H,8-9,18H2,1H3/b15-14+. The van der Waals surface area contributed by atoms with E-state index in [1.165, 1.54) is 17.2 Å². The molecule has 2 aromatic carbocycles. The van der Waals surface area contributed by atoms with E-state index >= 15 is 0 Å². The molecule has 4 aromatic rings. The summed E-state index contributed by atoms with van der Waals surface area (Å²) in [5.41, 5.74) is 3.46. The van der Waals surface area contributed by atoms with Gasteiger partial charge in [-0.2, -0.15) is 5.26 Å². The molecule has 0 atom stereocenters. The highest BCUT2D eigenvalue weighted by molar-refractivity contribution is 5.81.